The Balaban J connectivity index is 1.27. The molecule has 0 saturated carbocycles. The lowest BCUT2D eigenvalue weighted by Crippen LogP contribution is -2.31. The molecule has 184 valence electrons. The van der Waals surface area contributed by atoms with Crippen LogP contribution in [0.15, 0.2) is 67.0 Å². The van der Waals surface area contributed by atoms with E-state index in [1.165, 1.54) is 31.4 Å². The number of pyridine rings is 1. The van der Waals surface area contributed by atoms with Gasteiger partial charge in [-0.1, -0.05) is 18.2 Å². The minimum atomic E-state index is -4.37. The van der Waals surface area contributed by atoms with Gasteiger partial charge in [-0.2, -0.15) is 13.2 Å². The van der Waals surface area contributed by atoms with Crippen LogP contribution in [-0.2, 0) is 25.7 Å². The maximum Gasteiger partial charge on any atom is 0.416 e. The predicted octanol–water partition coefficient (Wildman–Crippen LogP) is 5.93. The van der Waals surface area contributed by atoms with Gasteiger partial charge < -0.3 is 4.74 Å². The molecule has 2 aromatic carbocycles. The summed E-state index contributed by atoms with van der Waals surface area (Å²) >= 11 is 0. The summed E-state index contributed by atoms with van der Waals surface area (Å²) in [5, 5.41) is 0. The third-order valence-corrected chi connectivity index (χ3v) is 6.15. The van der Waals surface area contributed by atoms with Crippen molar-refractivity contribution in [3.05, 3.63) is 95.2 Å². The summed E-state index contributed by atoms with van der Waals surface area (Å²) in [6.07, 6.45) is -0.142. The van der Waals surface area contributed by atoms with Crippen LogP contribution in [-0.4, -0.2) is 33.5 Å². The number of aromatic nitrogens is 3. The fourth-order valence-corrected chi connectivity index (χ4v) is 4.27. The van der Waals surface area contributed by atoms with Crippen molar-refractivity contribution in [1.29, 1.82) is 0 Å². The van der Waals surface area contributed by atoms with Crippen molar-refractivity contribution in [2.75, 3.05) is 13.7 Å². The summed E-state index contributed by atoms with van der Waals surface area (Å²) in [5.74, 6) is 0.621. The lowest BCUT2D eigenvalue weighted by Gasteiger charge is -2.28. The topological polar surface area (TPSA) is 51.1 Å². The molecule has 0 aliphatic carbocycles. The molecule has 1 aliphatic rings. The van der Waals surface area contributed by atoms with Crippen molar-refractivity contribution in [3.8, 4) is 28.4 Å². The molecule has 0 amide bonds. The molecule has 5 rings (SSSR count). The largest absolute Gasteiger partial charge is 0.496 e. The molecule has 36 heavy (non-hydrogen) atoms. The van der Waals surface area contributed by atoms with Crippen LogP contribution in [0.1, 0.15) is 22.4 Å². The molecule has 1 aliphatic heterocycles. The van der Waals surface area contributed by atoms with Crippen molar-refractivity contribution in [2.24, 2.45) is 0 Å². The van der Waals surface area contributed by atoms with Gasteiger partial charge in [0.05, 0.1) is 24.1 Å². The van der Waals surface area contributed by atoms with Gasteiger partial charge in [-0.3, -0.25) is 9.88 Å². The summed E-state index contributed by atoms with van der Waals surface area (Å²) in [6, 6.07) is 13.0. The van der Waals surface area contributed by atoms with Crippen LogP contribution in [0.2, 0.25) is 0 Å². The van der Waals surface area contributed by atoms with E-state index in [1.54, 1.807) is 18.5 Å². The molecule has 3 heterocycles. The zero-order valence-electron chi connectivity index (χ0n) is 19.4. The first-order chi connectivity index (χ1) is 17.3. The Morgan fingerprint density at radius 2 is 1.78 bits per heavy atom. The van der Waals surface area contributed by atoms with Gasteiger partial charge in [-0.05, 0) is 42.0 Å². The predicted molar refractivity (Wildman–Crippen MR) is 126 cm³/mol. The number of hydrogen-bond donors (Lipinski definition) is 0. The average molecular weight is 494 g/mol. The number of methoxy groups -OCH3 is 1. The molecule has 0 atom stereocenters. The number of halogens is 4. The third kappa shape index (κ3) is 5.06. The number of alkyl halides is 3. The van der Waals surface area contributed by atoms with Crippen LogP contribution in [0.5, 0.6) is 5.75 Å². The van der Waals surface area contributed by atoms with E-state index < -0.39 is 11.7 Å². The summed E-state index contributed by atoms with van der Waals surface area (Å²) in [5.41, 5.74) is 3.99. The van der Waals surface area contributed by atoms with Crippen LogP contribution >= 0.6 is 0 Å². The van der Waals surface area contributed by atoms with Crippen molar-refractivity contribution < 1.29 is 22.3 Å². The Labute approximate surface area is 205 Å². The Bertz CT molecular complexity index is 1370. The number of rotatable bonds is 5. The van der Waals surface area contributed by atoms with E-state index in [9.17, 15) is 17.6 Å². The Morgan fingerprint density at radius 1 is 0.972 bits per heavy atom. The molecule has 0 spiro atoms. The van der Waals surface area contributed by atoms with Gasteiger partial charge in [0.25, 0.3) is 0 Å². The maximum absolute atomic E-state index is 13.7. The van der Waals surface area contributed by atoms with E-state index in [0.717, 1.165) is 35.5 Å². The van der Waals surface area contributed by atoms with Gasteiger partial charge in [-0.15, -0.1) is 0 Å². The second-order valence-electron chi connectivity index (χ2n) is 8.60. The number of ether oxygens (including phenoxy) is 1. The molecule has 0 fully saturated rings. The van der Waals surface area contributed by atoms with Gasteiger partial charge in [0, 0.05) is 55.1 Å². The molecular formula is C27H22F4N4O. The van der Waals surface area contributed by atoms with E-state index in [0.29, 0.717) is 47.9 Å². The molecule has 5 nitrogen and oxygen atoms in total. The van der Waals surface area contributed by atoms with Crippen molar-refractivity contribution in [3.63, 3.8) is 0 Å². The molecule has 9 heteroatoms. The SMILES string of the molecule is COc1ccc(F)cc1-c1ccc(CN2CCc3nc(-c4ccc(C(F)(F)F)cc4)ncc3C2)cn1. The quantitative estimate of drug-likeness (QED) is 0.322. The number of nitrogens with zero attached hydrogens (tertiary/aromatic N) is 4. The summed E-state index contributed by atoms with van der Waals surface area (Å²) < 4.78 is 57.5. The van der Waals surface area contributed by atoms with Gasteiger partial charge >= 0.3 is 6.18 Å². The molecule has 2 aromatic heterocycles. The van der Waals surface area contributed by atoms with Gasteiger partial charge in [-0.25, -0.2) is 14.4 Å². The molecule has 0 bridgehead atoms. The minimum absolute atomic E-state index is 0.354. The monoisotopic (exact) mass is 494 g/mol. The van der Waals surface area contributed by atoms with E-state index >= 15 is 0 Å². The second-order valence-corrected chi connectivity index (χ2v) is 8.60. The Hall–Kier alpha value is -3.85. The summed E-state index contributed by atoms with van der Waals surface area (Å²) in [6.45, 7) is 2.10. The van der Waals surface area contributed by atoms with Crippen molar-refractivity contribution in [2.45, 2.75) is 25.7 Å². The van der Waals surface area contributed by atoms with E-state index in [-0.39, 0.29) is 5.82 Å². The molecule has 0 saturated heterocycles. The molecule has 0 unspecified atom stereocenters. The van der Waals surface area contributed by atoms with Gasteiger partial charge in [0.1, 0.15) is 11.6 Å². The lowest BCUT2D eigenvalue weighted by atomic mass is 10.1. The smallest absolute Gasteiger partial charge is 0.416 e. The highest BCUT2D eigenvalue weighted by atomic mass is 19.4. The minimum Gasteiger partial charge on any atom is -0.496 e. The van der Waals surface area contributed by atoms with E-state index in [1.807, 2.05) is 12.1 Å². The molecule has 0 radical (unpaired) electrons. The normalized spacial score (nSPS) is 13.9. The van der Waals surface area contributed by atoms with Crippen LogP contribution in [0.25, 0.3) is 22.6 Å². The molecule has 0 N–H and O–H groups in total. The second kappa shape index (κ2) is 9.66. The molecule has 4 aromatic rings. The molecular weight excluding hydrogens is 472 g/mol. The first kappa shape index (κ1) is 23.9. The standard InChI is InChI=1S/C27H22F4N4O/c1-36-25-9-7-21(28)12-22(25)24-8-2-17(13-32-24)15-35-11-10-23-19(16-35)14-33-26(34-23)18-3-5-20(6-4-18)27(29,30)31/h2-9,12-14H,10-11,15-16H2,1H3. The van der Waals surface area contributed by atoms with Crippen LogP contribution in [0.3, 0.4) is 0 Å². The van der Waals surface area contributed by atoms with Crippen LogP contribution in [0.4, 0.5) is 17.6 Å². The van der Waals surface area contributed by atoms with Crippen LogP contribution < -0.4 is 4.74 Å². The maximum atomic E-state index is 13.7. The van der Waals surface area contributed by atoms with E-state index in [4.69, 9.17) is 4.74 Å². The first-order valence-corrected chi connectivity index (χ1v) is 11.3. The highest BCUT2D eigenvalue weighted by Gasteiger charge is 2.30. The number of hydrogen-bond acceptors (Lipinski definition) is 5. The van der Waals surface area contributed by atoms with Crippen molar-refractivity contribution >= 4 is 0 Å². The first-order valence-electron chi connectivity index (χ1n) is 11.3. The van der Waals surface area contributed by atoms with E-state index in [2.05, 4.69) is 19.9 Å². The average Bonchev–Trinajstić information content (AvgIpc) is 2.88. The Morgan fingerprint density at radius 3 is 2.47 bits per heavy atom. The summed E-state index contributed by atoms with van der Waals surface area (Å²) in [7, 11) is 1.54. The van der Waals surface area contributed by atoms with Gasteiger partial charge in [0.15, 0.2) is 5.82 Å². The van der Waals surface area contributed by atoms with Crippen LogP contribution in [0, 0.1) is 5.82 Å². The highest BCUT2D eigenvalue weighted by molar-refractivity contribution is 5.67. The number of benzene rings is 2. The highest BCUT2D eigenvalue weighted by Crippen LogP contribution is 2.31. The summed E-state index contributed by atoms with van der Waals surface area (Å²) in [4.78, 5) is 15.8. The fourth-order valence-electron chi connectivity index (χ4n) is 4.27. The fraction of sp³-hybridized carbons (Fsp3) is 0.222. The third-order valence-electron chi connectivity index (χ3n) is 6.15. The van der Waals surface area contributed by atoms with Crippen molar-refractivity contribution in [1.82, 2.24) is 19.9 Å². The Kier molecular flexibility index (Phi) is 6.40. The van der Waals surface area contributed by atoms with Gasteiger partial charge in [0.2, 0.25) is 0 Å². The number of fused-ring (bicyclic) bond motifs is 1. The zero-order chi connectivity index (χ0) is 25.3. The lowest BCUT2D eigenvalue weighted by molar-refractivity contribution is -0.137. The zero-order valence-corrected chi connectivity index (χ0v) is 19.4.